The summed E-state index contributed by atoms with van der Waals surface area (Å²) in [7, 11) is 0. The van der Waals surface area contributed by atoms with E-state index in [4.69, 9.17) is 19.7 Å². The Labute approximate surface area is 256 Å². The van der Waals surface area contributed by atoms with Crippen molar-refractivity contribution >= 4 is 17.0 Å². The van der Waals surface area contributed by atoms with Crippen LogP contribution >= 0.6 is 0 Å². The summed E-state index contributed by atoms with van der Waals surface area (Å²) in [6, 6.07) is 17.0. The lowest BCUT2D eigenvalue weighted by Gasteiger charge is -2.28. The summed E-state index contributed by atoms with van der Waals surface area (Å²) in [6.07, 6.45) is -0.0561. The first kappa shape index (κ1) is 29.8. The lowest BCUT2D eigenvalue weighted by molar-refractivity contribution is 0.0697. The van der Waals surface area contributed by atoms with Crippen molar-refractivity contribution in [2.45, 2.75) is 32.9 Å². The van der Waals surface area contributed by atoms with Crippen molar-refractivity contribution in [3.63, 3.8) is 0 Å². The number of carbonyl (C=O) groups is 1. The molecule has 1 aliphatic heterocycles. The minimum absolute atomic E-state index is 0.0561. The molecule has 0 aliphatic carbocycles. The molecule has 11 heteroatoms. The van der Waals surface area contributed by atoms with Crippen molar-refractivity contribution in [1.82, 2.24) is 14.5 Å². The van der Waals surface area contributed by atoms with Crippen LogP contribution in [0.2, 0.25) is 0 Å². The molecule has 8 nitrogen and oxygen atoms in total. The Kier molecular flexibility index (Phi) is 7.76. The minimum atomic E-state index is -1.08. The SMILES string of the molecule is CC1(C)COC[C@H]1n1c(Cc2cc(F)c(-c3cccc(OCc4ccc(C#N)cc4F)n3)cc2F)nc2ccc(C(=O)O)cc21. The highest BCUT2D eigenvalue weighted by molar-refractivity contribution is 5.92. The van der Waals surface area contributed by atoms with Gasteiger partial charge in [0.25, 0.3) is 0 Å². The molecule has 0 amide bonds. The van der Waals surface area contributed by atoms with Crippen molar-refractivity contribution in [3.05, 3.63) is 112 Å². The van der Waals surface area contributed by atoms with E-state index in [0.717, 1.165) is 18.2 Å². The molecule has 0 spiro atoms. The molecule has 1 N–H and O–H groups in total. The highest BCUT2D eigenvalue weighted by atomic mass is 19.1. The van der Waals surface area contributed by atoms with Gasteiger partial charge in [-0.2, -0.15) is 5.26 Å². The third-order valence-electron chi connectivity index (χ3n) is 8.01. The van der Waals surface area contributed by atoms with Crippen molar-refractivity contribution < 1.29 is 32.5 Å². The summed E-state index contributed by atoms with van der Waals surface area (Å²) < 4.78 is 58.7. The van der Waals surface area contributed by atoms with Gasteiger partial charge in [0.2, 0.25) is 5.88 Å². The number of hydrogen-bond donors (Lipinski definition) is 1. The van der Waals surface area contributed by atoms with Crippen molar-refractivity contribution in [3.8, 4) is 23.2 Å². The summed E-state index contributed by atoms with van der Waals surface area (Å²) in [5.41, 5.74) is 1.37. The summed E-state index contributed by atoms with van der Waals surface area (Å²) in [6.45, 7) is 4.72. The van der Waals surface area contributed by atoms with Crippen molar-refractivity contribution in [1.29, 1.82) is 5.26 Å². The molecule has 0 saturated carbocycles. The lowest BCUT2D eigenvalue weighted by Crippen LogP contribution is -2.27. The summed E-state index contributed by atoms with van der Waals surface area (Å²) in [4.78, 5) is 20.7. The molecule has 45 heavy (non-hydrogen) atoms. The fourth-order valence-corrected chi connectivity index (χ4v) is 5.55. The second-order valence-corrected chi connectivity index (χ2v) is 11.6. The molecule has 3 heterocycles. The number of hydrogen-bond acceptors (Lipinski definition) is 6. The van der Waals surface area contributed by atoms with Crippen LogP contribution in [0.5, 0.6) is 5.88 Å². The van der Waals surface area contributed by atoms with Crippen LogP contribution in [0, 0.1) is 34.2 Å². The Morgan fingerprint density at radius 3 is 2.56 bits per heavy atom. The van der Waals surface area contributed by atoms with Gasteiger partial charge in [-0.15, -0.1) is 0 Å². The smallest absolute Gasteiger partial charge is 0.335 e. The van der Waals surface area contributed by atoms with E-state index in [2.05, 4.69) is 4.98 Å². The maximum atomic E-state index is 15.6. The van der Waals surface area contributed by atoms with Gasteiger partial charge in [0.05, 0.1) is 53.2 Å². The fraction of sp³-hybridized carbons (Fsp3) is 0.235. The quantitative estimate of drug-likeness (QED) is 0.204. The van der Waals surface area contributed by atoms with Crippen LogP contribution in [-0.4, -0.2) is 38.8 Å². The fourth-order valence-electron chi connectivity index (χ4n) is 5.55. The van der Waals surface area contributed by atoms with Gasteiger partial charge >= 0.3 is 5.97 Å². The molecule has 3 aromatic carbocycles. The van der Waals surface area contributed by atoms with Gasteiger partial charge in [-0.3, -0.25) is 0 Å². The van der Waals surface area contributed by atoms with Gasteiger partial charge in [-0.05, 0) is 54.1 Å². The predicted molar refractivity (Wildman–Crippen MR) is 158 cm³/mol. The molecule has 1 atom stereocenters. The third-order valence-corrected chi connectivity index (χ3v) is 8.01. The number of carboxylic acids is 1. The number of ether oxygens (including phenoxy) is 2. The zero-order chi connectivity index (χ0) is 31.9. The van der Waals surface area contributed by atoms with E-state index >= 15 is 8.78 Å². The van der Waals surface area contributed by atoms with Crippen LogP contribution in [-0.2, 0) is 17.8 Å². The van der Waals surface area contributed by atoms with E-state index in [1.165, 1.54) is 30.3 Å². The van der Waals surface area contributed by atoms with Crippen LogP contribution in [0.3, 0.4) is 0 Å². The number of carboxylic acid groups (broad SMARTS) is 1. The van der Waals surface area contributed by atoms with E-state index < -0.39 is 23.4 Å². The van der Waals surface area contributed by atoms with E-state index in [-0.39, 0.29) is 63.9 Å². The molecule has 0 bridgehead atoms. The van der Waals surface area contributed by atoms with E-state index in [9.17, 15) is 14.3 Å². The molecule has 1 fully saturated rings. The van der Waals surface area contributed by atoms with Crippen LogP contribution in [0.25, 0.3) is 22.3 Å². The first-order chi connectivity index (χ1) is 21.5. The summed E-state index contributed by atoms with van der Waals surface area (Å²) in [5.74, 6) is -2.54. The Balaban J connectivity index is 1.30. The van der Waals surface area contributed by atoms with Gasteiger partial charge < -0.3 is 19.1 Å². The number of aromatic nitrogens is 3. The number of pyridine rings is 1. The lowest BCUT2D eigenvalue weighted by atomic mass is 9.87. The maximum absolute atomic E-state index is 15.6. The Morgan fingerprint density at radius 1 is 1.04 bits per heavy atom. The Hall–Kier alpha value is -5.21. The first-order valence-corrected chi connectivity index (χ1v) is 14.1. The molecular weight excluding hydrogens is 585 g/mol. The zero-order valence-electron chi connectivity index (χ0n) is 24.4. The van der Waals surface area contributed by atoms with Gasteiger partial charge in [0, 0.05) is 29.0 Å². The van der Waals surface area contributed by atoms with E-state index in [1.807, 2.05) is 24.5 Å². The number of fused-ring (bicyclic) bond motifs is 1. The van der Waals surface area contributed by atoms with Crippen LogP contribution in [0.15, 0.2) is 66.7 Å². The van der Waals surface area contributed by atoms with Crippen LogP contribution < -0.4 is 4.74 Å². The van der Waals surface area contributed by atoms with Gasteiger partial charge in [0.15, 0.2) is 0 Å². The van der Waals surface area contributed by atoms with Crippen molar-refractivity contribution in [2.24, 2.45) is 5.41 Å². The Morgan fingerprint density at radius 2 is 1.84 bits per heavy atom. The van der Waals surface area contributed by atoms with E-state index in [1.54, 1.807) is 18.2 Å². The molecule has 5 aromatic rings. The predicted octanol–water partition coefficient (Wildman–Crippen LogP) is 6.85. The second-order valence-electron chi connectivity index (χ2n) is 11.6. The second kappa shape index (κ2) is 11.7. The topological polar surface area (TPSA) is 110 Å². The van der Waals surface area contributed by atoms with Gasteiger partial charge in [-0.25, -0.2) is 27.9 Å². The average Bonchev–Trinajstić information content (AvgIpc) is 3.55. The molecule has 2 aromatic heterocycles. The number of rotatable bonds is 8. The maximum Gasteiger partial charge on any atom is 0.335 e. The van der Waals surface area contributed by atoms with Gasteiger partial charge in [-0.1, -0.05) is 26.0 Å². The molecule has 1 aliphatic rings. The van der Waals surface area contributed by atoms with Gasteiger partial charge in [0.1, 0.15) is 29.9 Å². The number of nitrogens with zero attached hydrogens (tertiary/aromatic N) is 4. The number of halogens is 3. The summed E-state index contributed by atoms with van der Waals surface area (Å²) >= 11 is 0. The number of imidazole rings is 1. The first-order valence-electron chi connectivity index (χ1n) is 14.1. The van der Waals surface area contributed by atoms with Crippen LogP contribution in [0.1, 0.15) is 52.8 Å². The van der Waals surface area contributed by atoms with Crippen LogP contribution in [0.4, 0.5) is 13.2 Å². The molecule has 0 unspecified atom stereocenters. The average molecular weight is 613 g/mol. The molecule has 6 rings (SSSR count). The molecule has 228 valence electrons. The molecule has 1 saturated heterocycles. The highest BCUT2D eigenvalue weighted by Gasteiger charge is 2.39. The monoisotopic (exact) mass is 612 g/mol. The zero-order valence-corrected chi connectivity index (χ0v) is 24.4. The minimum Gasteiger partial charge on any atom is -0.478 e. The largest absolute Gasteiger partial charge is 0.478 e. The summed E-state index contributed by atoms with van der Waals surface area (Å²) in [5, 5.41) is 18.5. The standard InChI is InChI=1S/C34H27F3N4O4/c1-34(2)18-44-17-30(34)41-29-12-20(33(42)43)8-9-28(29)39-31(41)13-22-11-26(37)23(14-25(22)36)27-4-3-5-32(40-27)45-16-21-7-6-19(15-38)10-24(21)35/h3-12,14,30H,13,16-18H2,1-2H3,(H,42,43)/t30-/m1/s1. The normalized spacial score (nSPS) is 15.7. The number of benzene rings is 3. The third kappa shape index (κ3) is 5.84. The molecule has 0 radical (unpaired) electrons. The van der Waals surface area contributed by atoms with E-state index in [0.29, 0.717) is 30.1 Å². The van der Waals surface area contributed by atoms with Crippen molar-refractivity contribution in [2.75, 3.05) is 13.2 Å². The Bertz CT molecular complexity index is 2000. The number of nitriles is 1. The molecular formula is C34H27F3N4O4. The highest BCUT2D eigenvalue weighted by Crippen LogP contribution is 2.40. The number of aromatic carboxylic acids is 1.